The molecule has 1 aliphatic rings. The van der Waals surface area contributed by atoms with Crippen molar-refractivity contribution >= 4 is 11.6 Å². The molecule has 0 bridgehead atoms. The summed E-state index contributed by atoms with van der Waals surface area (Å²) in [6.07, 6.45) is 1.68. The van der Waals surface area contributed by atoms with E-state index in [1.54, 1.807) is 6.92 Å². The molecule has 1 heterocycles. The molecule has 5 heteroatoms. The molecule has 2 aromatic carbocycles. The zero-order valence-electron chi connectivity index (χ0n) is 15.2. The molecule has 3 rings (SSSR count). The van der Waals surface area contributed by atoms with E-state index in [4.69, 9.17) is 14.2 Å². The van der Waals surface area contributed by atoms with Gasteiger partial charge >= 0.3 is 0 Å². The minimum absolute atomic E-state index is 0.163. The Morgan fingerprint density at radius 2 is 2.04 bits per heavy atom. The molecule has 0 unspecified atom stereocenters. The summed E-state index contributed by atoms with van der Waals surface area (Å²) in [6.45, 7) is 5.08. The summed E-state index contributed by atoms with van der Waals surface area (Å²) in [5.41, 5.74) is 1.83. The van der Waals surface area contributed by atoms with Crippen LogP contribution in [0.1, 0.15) is 25.3 Å². The number of aryl methyl sites for hydroxylation is 1. The van der Waals surface area contributed by atoms with Gasteiger partial charge < -0.3 is 19.5 Å². The highest BCUT2D eigenvalue weighted by molar-refractivity contribution is 5.94. The standard InChI is InChI=1S/C21H25NO4/c1-15-8-10-18(11-9-15)26-16(2)21(23)22-17-5-3-6-19(13-17)25-14-20-7-4-12-24-20/h3,5-6,8-11,13,16,20H,4,7,12,14H2,1-2H3,(H,22,23)/t16-,20+/m0/s1. The Morgan fingerprint density at radius 3 is 2.77 bits per heavy atom. The highest BCUT2D eigenvalue weighted by atomic mass is 16.5. The van der Waals surface area contributed by atoms with Crippen molar-refractivity contribution < 1.29 is 19.0 Å². The molecule has 0 aliphatic carbocycles. The molecule has 0 saturated carbocycles. The largest absolute Gasteiger partial charge is 0.491 e. The van der Waals surface area contributed by atoms with Crippen molar-refractivity contribution in [3.63, 3.8) is 0 Å². The van der Waals surface area contributed by atoms with Gasteiger partial charge in [-0.15, -0.1) is 0 Å². The lowest BCUT2D eigenvalue weighted by Gasteiger charge is -2.16. The van der Waals surface area contributed by atoms with Crippen molar-refractivity contribution in [2.75, 3.05) is 18.5 Å². The first-order valence-corrected chi connectivity index (χ1v) is 8.99. The van der Waals surface area contributed by atoms with Gasteiger partial charge in [0.1, 0.15) is 18.1 Å². The number of ether oxygens (including phenoxy) is 3. The van der Waals surface area contributed by atoms with E-state index < -0.39 is 6.10 Å². The van der Waals surface area contributed by atoms with Crippen molar-refractivity contribution in [2.45, 2.75) is 38.9 Å². The molecule has 1 fully saturated rings. The summed E-state index contributed by atoms with van der Waals surface area (Å²) in [5.74, 6) is 1.18. The number of carbonyl (C=O) groups is 1. The van der Waals surface area contributed by atoms with Gasteiger partial charge in [0.25, 0.3) is 5.91 Å². The average molecular weight is 355 g/mol. The Morgan fingerprint density at radius 1 is 1.23 bits per heavy atom. The number of hydrogen-bond acceptors (Lipinski definition) is 4. The number of rotatable bonds is 7. The second-order valence-electron chi connectivity index (χ2n) is 6.54. The van der Waals surface area contributed by atoms with Crippen molar-refractivity contribution in [3.05, 3.63) is 54.1 Å². The van der Waals surface area contributed by atoms with Gasteiger partial charge in [0.05, 0.1) is 6.10 Å². The van der Waals surface area contributed by atoms with Gasteiger partial charge in [0, 0.05) is 18.4 Å². The topological polar surface area (TPSA) is 56.8 Å². The maximum Gasteiger partial charge on any atom is 0.265 e. The molecular weight excluding hydrogens is 330 g/mol. The SMILES string of the molecule is Cc1ccc(O[C@@H](C)C(=O)Nc2cccc(OC[C@H]3CCCO3)c2)cc1. The molecule has 1 saturated heterocycles. The van der Waals surface area contributed by atoms with E-state index in [9.17, 15) is 4.79 Å². The normalized spacial score (nSPS) is 17.5. The van der Waals surface area contributed by atoms with Crippen LogP contribution in [0.25, 0.3) is 0 Å². The van der Waals surface area contributed by atoms with Crippen LogP contribution in [0.2, 0.25) is 0 Å². The highest BCUT2D eigenvalue weighted by Gasteiger charge is 2.17. The summed E-state index contributed by atoms with van der Waals surface area (Å²) in [5, 5.41) is 2.87. The third-order valence-corrected chi connectivity index (χ3v) is 4.26. The van der Waals surface area contributed by atoms with E-state index in [0.717, 1.165) is 25.0 Å². The number of nitrogens with one attached hydrogen (secondary N) is 1. The molecule has 5 nitrogen and oxygen atoms in total. The Balaban J connectivity index is 1.52. The van der Waals surface area contributed by atoms with E-state index in [1.165, 1.54) is 0 Å². The lowest BCUT2D eigenvalue weighted by molar-refractivity contribution is -0.122. The molecule has 0 spiro atoms. The van der Waals surface area contributed by atoms with Gasteiger partial charge in [0.15, 0.2) is 6.10 Å². The average Bonchev–Trinajstić information content (AvgIpc) is 3.16. The first-order valence-electron chi connectivity index (χ1n) is 8.99. The number of benzene rings is 2. The summed E-state index contributed by atoms with van der Waals surface area (Å²) < 4.78 is 17.0. The zero-order chi connectivity index (χ0) is 18.4. The Kier molecular flexibility index (Phi) is 6.12. The number of amides is 1. The molecule has 1 N–H and O–H groups in total. The fourth-order valence-corrected chi connectivity index (χ4v) is 2.75. The summed E-state index contributed by atoms with van der Waals surface area (Å²) >= 11 is 0. The molecular formula is C21H25NO4. The minimum atomic E-state index is -0.603. The van der Waals surface area contributed by atoms with Crippen LogP contribution in [0.5, 0.6) is 11.5 Å². The van der Waals surface area contributed by atoms with Crippen LogP contribution in [0.4, 0.5) is 5.69 Å². The van der Waals surface area contributed by atoms with Crippen LogP contribution in [0.15, 0.2) is 48.5 Å². The maximum absolute atomic E-state index is 12.4. The van der Waals surface area contributed by atoms with Gasteiger partial charge in [-0.1, -0.05) is 23.8 Å². The lowest BCUT2D eigenvalue weighted by atomic mass is 10.2. The van der Waals surface area contributed by atoms with E-state index >= 15 is 0 Å². The van der Waals surface area contributed by atoms with Crippen molar-refractivity contribution in [3.8, 4) is 11.5 Å². The van der Waals surface area contributed by atoms with Crippen LogP contribution in [0.3, 0.4) is 0 Å². The van der Waals surface area contributed by atoms with E-state index in [-0.39, 0.29) is 12.0 Å². The Labute approximate surface area is 154 Å². The highest BCUT2D eigenvalue weighted by Crippen LogP contribution is 2.20. The van der Waals surface area contributed by atoms with Crippen molar-refractivity contribution in [1.82, 2.24) is 0 Å². The molecule has 26 heavy (non-hydrogen) atoms. The quantitative estimate of drug-likeness (QED) is 0.817. The van der Waals surface area contributed by atoms with Crippen LogP contribution in [0, 0.1) is 6.92 Å². The second kappa shape index (κ2) is 8.72. The predicted molar refractivity (Wildman–Crippen MR) is 101 cm³/mol. The predicted octanol–water partition coefficient (Wildman–Crippen LogP) is 3.96. The number of hydrogen-bond donors (Lipinski definition) is 1. The van der Waals surface area contributed by atoms with E-state index in [1.807, 2.05) is 55.5 Å². The third-order valence-electron chi connectivity index (χ3n) is 4.26. The van der Waals surface area contributed by atoms with Gasteiger partial charge in [-0.25, -0.2) is 0 Å². The first-order chi connectivity index (χ1) is 12.6. The molecule has 138 valence electrons. The summed E-state index contributed by atoms with van der Waals surface area (Å²) in [7, 11) is 0. The number of carbonyl (C=O) groups excluding carboxylic acids is 1. The minimum Gasteiger partial charge on any atom is -0.491 e. The zero-order valence-corrected chi connectivity index (χ0v) is 15.2. The molecule has 0 radical (unpaired) electrons. The van der Waals surface area contributed by atoms with Crippen LogP contribution >= 0.6 is 0 Å². The lowest BCUT2D eigenvalue weighted by Crippen LogP contribution is -2.30. The van der Waals surface area contributed by atoms with Gasteiger partial charge in [-0.2, -0.15) is 0 Å². The molecule has 1 amide bonds. The maximum atomic E-state index is 12.4. The van der Waals surface area contributed by atoms with Crippen LogP contribution < -0.4 is 14.8 Å². The fourth-order valence-electron chi connectivity index (χ4n) is 2.75. The van der Waals surface area contributed by atoms with E-state index in [2.05, 4.69) is 5.32 Å². The van der Waals surface area contributed by atoms with Gasteiger partial charge in [-0.05, 0) is 51.0 Å². The molecule has 2 atom stereocenters. The monoisotopic (exact) mass is 355 g/mol. The first kappa shape index (κ1) is 18.3. The molecule has 2 aromatic rings. The van der Waals surface area contributed by atoms with Crippen LogP contribution in [-0.4, -0.2) is 31.3 Å². The van der Waals surface area contributed by atoms with Gasteiger partial charge in [-0.3, -0.25) is 4.79 Å². The van der Waals surface area contributed by atoms with Crippen molar-refractivity contribution in [1.29, 1.82) is 0 Å². The van der Waals surface area contributed by atoms with Gasteiger partial charge in [0.2, 0.25) is 0 Å². The Hall–Kier alpha value is -2.53. The van der Waals surface area contributed by atoms with Crippen molar-refractivity contribution in [2.24, 2.45) is 0 Å². The third kappa shape index (κ3) is 5.23. The number of anilines is 1. The molecule has 0 aromatic heterocycles. The summed E-state index contributed by atoms with van der Waals surface area (Å²) in [4.78, 5) is 12.4. The van der Waals surface area contributed by atoms with Crippen LogP contribution in [-0.2, 0) is 9.53 Å². The smallest absolute Gasteiger partial charge is 0.265 e. The Bertz CT molecular complexity index is 723. The second-order valence-corrected chi connectivity index (χ2v) is 6.54. The molecule has 1 aliphatic heterocycles. The summed E-state index contributed by atoms with van der Waals surface area (Å²) in [6, 6.07) is 15.0. The fraction of sp³-hybridized carbons (Fsp3) is 0.381. The van der Waals surface area contributed by atoms with E-state index in [0.29, 0.717) is 23.8 Å².